The highest BCUT2D eigenvalue weighted by Gasteiger charge is 2.51. The minimum Gasteiger partial charge on any atom is -0.372 e. The zero-order chi connectivity index (χ0) is 18.7. The van der Waals surface area contributed by atoms with Crippen molar-refractivity contribution in [1.82, 2.24) is 5.32 Å². The average Bonchev–Trinajstić information content (AvgIpc) is 2.91. The number of para-hydroxylation sites is 1. The van der Waals surface area contributed by atoms with E-state index in [-0.39, 0.29) is 25.9 Å². The van der Waals surface area contributed by atoms with Crippen LogP contribution < -0.4 is 10.2 Å². The van der Waals surface area contributed by atoms with Gasteiger partial charge in [0, 0.05) is 31.3 Å². The fourth-order valence-corrected chi connectivity index (χ4v) is 2.99. The molecule has 26 heavy (non-hydrogen) atoms. The molecule has 1 heterocycles. The van der Waals surface area contributed by atoms with Gasteiger partial charge in [-0.2, -0.15) is 0 Å². The van der Waals surface area contributed by atoms with Crippen LogP contribution in [0.5, 0.6) is 0 Å². The molecule has 0 saturated carbocycles. The van der Waals surface area contributed by atoms with Gasteiger partial charge in [0.2, 0.25) is 5.60 Å². The SMILES string of the molecule is O=C(NCCc1cc(F)cc(F)c1)[C@@]1(O)CCN(c2ccccc2)C1=O. The van der Waals surface area contributed by atoms with Crippen LogP contribution in [0.1, 0.15) is 12.0 Å². The highest BCUT2D eigenvalue weighted by molar-refractivity contribution is 6.16. The average molecular weight is 360 g/mol. The number of halogens is 2. The van der Waals surface area contributed by atoms with E-state index in [1.165, 1.54) is 17.0 Å². The van der Waals surface area contributed by atoms with E-state index >= 15 is 0 Å². The maximum atomic E-state index is 13.2. The Balaban J connectivity index is 1.61. The number of anilines is 1. The summed E-state index contributed by atoms with van der Waals surface area (Å²) in [5, 5.41) is 13.0. The molecule has 0 radical (unpaired) electrons. The molecule has 2 amide bonds. The predicted molar refractivity (Wildman–Crippen MR) is 91.4 cm³/mol. The topological polar surface area (TPSA) is 69.6 Å². The van der Waals surface area contributed by atoms with Gasteiger partial charge in [0.15, 0.2) is 0 Å². The van der Waals surface area contributed by atoms with Crippen LogP contribution in [0.3, 0.4) is 0 Å². The third-order valence-electron chi connectivity index (χ3n) is 4.36. The number of aliphatic hydroxyl groups is 1. The molecule has 0 bridgehead atoms. The van der Waals surface area contributed by atoms with Gasteiger partial charge in [0.1, 0.15) is 11.6 Å². The summed E-state index contributed by atoms with van der Waals surface area (Å²) in [7, 11) is 0. The first kappa shape index (κ1) is 18.0. The van der Waals surface area contributed by atoms with Gasteiger partial charge in [0.25, 0.3) is 11.8 Å². The minimum absolute atomic E-state index is 0.0266. The smallest absolute Gasteiger partial charge is 0.268 e. The maximum absolute atomic E-state index is 13.2. The van der Waals surface area contributed by atoms with Crippen molar-refractivity contribution in [2.24, 2.45) is 0 Å². The van der Waals surface area contributed by atoms with Crippen LogP contribution in [0.25, 0.3) is 0 Å². The van der Waals surface area contributed by atoms with E-state index in [9.17, 15) is 23.5 Å². The van der Waals surface area contributed by atoms with Crippen molar-refractivity contribution >= 4 is 17.5 Å². The minimum atomic E-state index is -2.14. The normalized spacial score (nSPS) is 19.7. The van der Waals surface area contributed by atoms with E-state index in [0.29, 0.717) is 11.3 Å². The fourth-order valence-electron chi connectivity index (χ4n) is 2.99. The standard InChI is InChI=1S/C19H18F2N2O3/c20-14-10-13(11-15(21)12-14)6-8-22-17(24)19(26)7-9-23(18(19)25)16-4-2-1-3-5-16/h1-5,10-12,26H,6-9H2,(H,22,24)/t19-/m0/s1. The number of rotatable bonds is 5. The molecule has 1 atom stereocenters. The van der Waals surface area contributed by atoms with Gasteiger partial charge in [-0.05, 0) is 36.2 Å². The van der Waals surface area contributed by atoms with Crippen LogP contribution in [-0.2, 0) is 16.0 Å². The molecule has 0 aliphatic carbocycles. The van der Waals surface area contributed by atoms with Crippen molar-refractivity contribution in [3.05, 3.63) is 65.7 Å². The molecule has 3 rings (SSSR count). The lowest BCUT2D eigenvalue weighted by atomic mass is 10.0. The van der Waals surface area contributed by atoms with Crippen molar-refractivity contribution in [1.29, 1.82) is 0 Å². The van der Waals surface area contributed by atoms with Gasteiger partial charge in [-0.1, -0.05) is 18.2 Å². The number of carbonyl (C=O) groups excluding carboxylic acids is 2. The summed E-state index contributed by atoms with van der Waals surface area (Å²) in [4.78, 5) is 26.2. The lowest BCUT2D eigenvalue weighted by Gasteiger charge is -2.21. The van der Waals surface area contributed by atoms with Crippen molar-refractivity contribution in [3.63, 3.8) is 0 Å². The van der Waals surface area contributed by atoms with Gasteiger partial charge in [-0.25, -0.2) is 8.78 Å². The summed E-state index contributed by atoms with van der Waals surface area (Å²) in [6.45, 7) is 0.268. The van der Waals surface area contributed by atoms with E-state index in [1.807, 2.05) is 0 Å². The molecule has 2 aromatic rings. The molecule has 1 aliphatic rings. The molecule has 0 unspecified atom stereocenters. The molecule has 2 N–H and O–H groups in total. The van der Waals surface area contributed by atoms with Crippen molar-refractivity contribution < 1.29 is 23.5 Å². The molecule has 0 spiro atoms. The Morgan fingerprint density at radius 2 is 1.81 bits per heavy atom. The summed E-state index contributed by atoms with van der Waals surface area (Å²) in [6, 6.07) is 11.9. The van der Waals surface area contributed by atoms with Crippen molar-refractivity contribution in [3.8, 4) is 0 Å². The number of nitrogens with zero attached hydrogens (tertiary/aromatic N) is 1. The first-order valence-corrected chi connectivity index (χ1v) is 8.23. The van der Waals surface area contributed by atoms with E-state index in [2.05, 4.69) is 5.32 Å². The van der Waals surface area contributed by atoms with Gasteiger partial charge in [0.05, 0.1) is 0 Å². The molecule has 2 aromatic carbocycles. The number of nitrogens with one attached hydrogen (secondary N) is 1. The third-order valence-corrected chi connectivity index (χ3v) is 4.36. The number of hydrogen-bond donors (Lipinski definition) is 2. The highest BCUT2D eigenvalue weighted by Crippen LogP contribution is 2.28. The predicted octanol–water partition coefficient (Wildman–Crippen LogP) is 1.79. The number of benzene rings is 2. The molecule has 5 nitrogen and oxygen atoms in total. The lowest BCUT2D eigenvalue weighted by Crippen LogP contribution is -2.52. The second-order valence-electron chi connectivity index (χ2n) is 6.19. The number of carbonyl (C=O) groups is 2. The molecule has 1 saturated heterocycles. The zero-order valence-corrected chi connectivity index (χ0v) is 13.9. The Kier molecular flexibility index (Phi) is 4.99. The highest BCUT2D eigenvalue weighted by atomic mass is 19.1. The van der Waals surface area contributed by atoms with Crippen LogP contribution >= 0.6 is 0 Å². The van der Waals surface area contributed by atoms with E-state index in [0.717, 1.165) is 6.07 Å². The summed E-state index contributed by atoms with van der Waals surface area (Å²) in [5.74, 6) is -2.89. The molecule has 0 aromatic heterocycles. The first-order chi connectivity index (χ1) is 12.4. The quantitative estimate of drug-likeness (QED) is 0.799. The van der Waals surface area contributed by atoms with Crippen LogP contribution in [0.15, 0.2) is 48.5 Å². The zero-order valence-electron chi connectivity index (χ0n) is 13.9. The molecular formula is C19H18F2N2O3. The van der Waals surface area contributed by atoms with Crippen LogP contribution in [0.2, 0.25) is 0 Å². The van der Waals surface area contributed by atoms with Crippen LogP contribution in [0.4, 0.5) is 14.5 Å². The fraction of sp³-hybridized carbons (Fsp3) is 0.263. The van der Waals surface area contributed by atoms with Gasteiger partial charge in [-0.15, -0.1) is 0 Å². The Hall–Kier alpha value is -2.80. The first-order valence-electron chi connectivity index (χ1n) is 8.23. The number of hydrogen-bond acceptors (Lipinski definition) is 3. The molecular weight excluding hydrogens is 342 g/mol. The Bertz CT molecular complexity index is 809. The summed E-state index contributed by atoms with van der Waals surface area (Å²) < 4.78 is 26.3. The largest absolute Gasteiger partial charge is 0.372 e. The summed E-state index contributed by atoms with van der Waals surface area (Å²) in [6.07, 6.45) is 0.147. The maximum Gasteiger partial charge on any atom is 0.268 e. The molecule has 136 valence electrons. The van der Waals surface area contributed by atoms with E-state index < -0.39 is 29.0 Å². The number of amides is 2. The van der Waals surface area contributed by atoms with E-state index in [4.69, 9.17) is 0 Å². The lowest BCUT2D eigenvalue weighted by molar-refractivity contribution is -0.149. The molecule has 7 heteroatoms. The Labute approximate surface area is 149 Å². The monoisotopic (exact) mass is 360 g/mol. The van der Waals surface area contributed by atoms with Gasteiger partial charge in [-0.3, -0.25) is 9.59 Å². The van der Waals surface area contributed by atoms with Crippen LogP contribution in [0, 0.1) is 11.6 Å². The van der Waals surface area contributed by atoms with Crippen LogP contribution in [-0.4, -0.2) is 35.6 Å². The Morgan fingerprint density at radius 1 is 1.15 bits per heavy atom. The molecule has 1 fully saturated rings. The Morgan fingerprint density at radius 3 is 2.46 bits per heavy atom. The van der Waals surface area contributed by atoms with Crippen molar-refractivity contribution in [2.45, 2.75) is 18.4 Å². The second-order valence-corrected chi connectivity index (χ2v) is 6.19. The van der Waals surface area contributed by atoms with E-state index in [1.54, 1.807) is 30.3 Å². The second kappa shape index (κ2) is 7.21. The summed E-state index contributed by atoms with van der Waals surface area (Å²) in [5.41, 5.74) is -1.15. The van der Waals surface area contributed by atoms with Gasteiger partial charge < -0.3 is 15.3 Å². The summed E-state index contributed by atoms with van der Waals surface area (Å²) >= 11 is 0. The third kappa shape index (κ3) is 3.57. The molecule has 1 aliphatic heterocycles. The van der Waals surface area contributed by atoms with Gasteiger partial charge >= 0.3 is 0 Å². The van der Waals surface area contributed by atoms with Crippen molar-refractivity contribution in [2.75, 3.05) is 18.0 Å².